The van der Waals surface area contributed by atoms with Gasteiger partial charge >= 0.3 is 0 Å². The highest BCUT2D eigenvalue weighted by atomic mass is 16.1. The van der Waals surface area contributed by atoms with E-state index in [2.05, 4.69) is 4.99 Å². The number of carbonyl (C=O) groups is 1. The number of allylic oxidation sites excluding steroid dienone is 1. The molecule has 0 N–H and O–H groups in total. The Morgan fingerprint density at radius 2 is 2.23 bits per heavy atom. The molecule has 3 nitrogen and oxygen atoms in total. The van der Waals surface area contributed by atoms with Crippen molar-refractivity contribution in [2.45, 2.75) is 0 Å². The van der Waals surface area contributed by atoms with Crippen molar-refractivity contribution in [2.24, 2.45) is 4.99 Å². The predicted molar refractivity (Wildman–Crippen MR) is 46.3 cm³/mol. The fraction of sp³-hybridized carbons (Fsp3) is 0. The first-order chi connectivity index (χ1) is 6.33. The zero-order valence-electron chi connectivity index (χ0n) is 6.65. The van der Waals surface area contributed by atoms with Crippen molar-refractivity contribution in [3.63, 3.8) is 0 Å². The fourth-order valence-electron chi connectivity index (χ4n) is 1.23. The topological polar surface area (TPSA) is 46.5 Å². The van der Waals surface area contributed by atoms with Gasteiger partial charge in [-0.2, -0.15) is 0 Å². The number of hydrogen-bond acceptors (Lipinski definition) is 3. The standard InChI is InChI=1S/C10H5NO2/c12-5-7-1-2-10-8(3-7)4-9(6-13)11-10/h1-5H. The lowest BCUT2D eigenvalue weighted by Crippen LogP contribution is -2.21. The Kier molecular flexibility index (Phi) is 1.65. The molecule has 0 saturated heterocycles. The smallest absolute Gasteiger partial charge is 0.152 e. The van der Waals surface area contributed by atoms with E-state index in [9.17, 15) is 9.59 Å². The molecule has 0 spiro atoms. The molecule has 2 rings (SSSR count). The average molecular weight is 171 g/mol. The van der Waals surface area contributed by atoms with Crippen LogP contribution >= 0.6 is 0 Å². The summed E-state index contributed by atoms with van der Waals surface area (Å²) in [6, 6.07) is 5.06. The molecule has 1 aliphatic heterocycles. The third-order valence-electron chi connectivity index (χ3n) is 1.83. The molecular formula is C10H5NO2. The van der Waals surface area contributed by atoms with Gasteiger partial charge in [-0.3, -0.25) is 4.79 Å². The summed E-state index contributed by atoms with van der Waals surface area (Å²) >= 11 is 0. The molecule has 62 valence electrons. The van der Waals surface area contributed by atoms with Crippen LogP contribution in [0.5, 0.6) is 0 Å². The first kappa shape index (κ1) is 7.65. The lowest BCUT2D eigenvalue weighted by molar-refractivity contribution is 0.112. The fourth-order valence-corrected chi connectivity index (χ4v) is 1.23. The van der Waals surface area contributed by atoms with Gasteiger partial charge < -0.3 is 0 Å². The Hall–Kier alpha value is -1.99. The second-order valence-electron chi connectivity index (χ2n) is 2.68. The summed E-state index contributed by atoms with van der Waals surface area (Å²) in [6.45, 7) is 0. The molecule has 0 amide bonds. The van der Waals surface area contributed by atoms with Gasteiger partial charge in [0.15, 0.2) is 5.94 Å². The summed E-state index contributed by atoms with van der Waals surface area (Å²) in [7, 11) is 0. The van der Waals surface area contributed by atoms with Crippen LogP contribution in [0, 0.1) is 0 Å². The number of carbonyl (C=O) groups excluding carboxylic acids is 2. The van der Waals surface area contributed by atoms with Crippen LogP contribution in [0.2, 0.25) is 0 Å². The predicted octanol–water partition coefficient (Wildman–Crippen LogP) is -0.372. The van der Waals surface area contributed by atoms with Crippen LogP contribution in [0.25, 0.3) is 6.08 Å². The van der Waals surface area contributed by atoms with Crippen molar-refractivity contribution in [2.75, 3.05) is 0 Å². The minimum Gasteiger partial charge on any atom is -0.298 e. The molecular weight excluding hydrogens is 166 g/mol. The molecule has 1 aliphatic rings. The zero-order chi connectivity index (χ0) is 9.26. The minimum absolute atomic E-state index is 0.276. The first-order valence-corrected chi connectivity index (χ1v) is 3.74. The van der Waals surface area contributed by atoms with Crippen molar-refractivity contribution >= 4 is 18.3 Å². The summed E-state index contributed by atoms with van der Waals surface area (Å²) in [5.74, 6) is 1.70. The van der Waals surface area contributed by atoms with E-state index in [1.807, 2.05) is 0 Å². The van der Waals surface area contributed by atoms with E-state index in [4.69, 9.17) is 0 Å². The highest BCUT2D eigenvalue weighted by Crippen LogP contribution is 1.96. The Morgan fingerprint density at radius 3 is 2.92 bits per heavy atom. The molecule has 0 fully saturated rings. The van der Waals surface area contributed by atoms with Crippen LogP contribution in [0.1, 0.15) is 10.4 Å². The summed E-state index contributed by atoms with van der Waals surface area (Å²) < 4.78 is 0. The second kappa shape index (κ2) is 2.81. The first-order valence-electron chi connectivity index (χ1n) is 3.74. The van der Waals surface area contributed by atoms with Crippen molar-refractivity contribution in [1.82, 2.24) is 0 Å². The number of aldehydes is 1. The summed E-state index contributed by atoms with van der Waals surface area (Å²) in [6.07, 6.45) is 2.37. The molecule has 1 heterocycles. The molecule has 3 heteroatoms. The van der Waals surface area contributed by atoms with Gasteiger partial charge in [-0.15, -0.1) is 0 Å². The van der Waals surface area contributed by atoms with Gasteiger partial charge in [-0.25, -0.2) is 9.79 Å². The van der Waals surface area contributed by atoms with Crippen LogP contribution in [-0.4, -0.2) is 12.2 Å². The number of hydrogen-bond donors (Lipinski definition) is 0. The van der Waals surface area contributed by atoms with Crippen LogP contribution in [-0.2, 0) is 4.79 Å². The molecule has 0 radical (unpaired) electrons. The molecule has 0 aliphatic carbocycles. The number of nitrogens with zero attached hydrogens (tertiary/aromatic N) is 1. The lowest BCUT2D eigenvalue weighted by Gasteiger charge is -1.85. The molecule has 0 atom stereocenters. The van der Waals surface area contributed by atoms with E-state index in [0.717, 1.165) is 11.5 Å². The van der Waals surface area contributed by atoms with Gasteiger partial charge in [0, 0.05) is 10.8 Å². The number of benzene rings is 1. The quantitative estimate of drug-likeness (QED) is 0.427. The van der Waals surface area contributed by atoms with Gasteiger partial charge in [-0.05, 0) is 24.3 Å². The highest BCUT2D eigenvalue weighted by molar-refractivity contribution is 5.76. The molecule has 0 aromatic heterocycles. The minimum atomic E-state index is 0.276. The van der Waals surface area contributed by atoms with Gasteiger partial charge in [0.25, 0.3) is 0 Å². The molecule has 0 saturated carbocycles. The summed E-state index contributed by atoms with van der Waals surface area (Å²) in [5.41, 5.74) is 0.857. The maximum atomic E-state index is 10.4. The van der Waals surface area contributed by atoms with Crippen molar-refractivity contribution in [3.8, 4) is 0 Å². The third-order valence-corrected chi connectivity index (χ3v) is 1.83. The molecule has 0 bridgehead atoms. The largest absolute Gasteiger partial charge is 0.298 e. The Morgan fingerprint density at radius 1 is 1.38 bits per heavy atom. The highest BCUT2D eigenvalue weighted by Gasteiger charge is 2.01. The Labute approximate surface area is 73.7 Å². The van der Waals surface area contributed by atoms with E-state index < -0.39 is 0 Å². The van der Waals surface area contributed by atoms with E-state index in [1.165, 1.54) is 0 Å². The zero-order valence-corrected chi connectivity index (χ0v) is 6.65. The lowest BCUT2D eigenvalue weighted by atomic mass is 10.2. The van der Waals surface area contributed by atoms with E-state index in [1.54, 1.807) is 30.2 Å². The van der Waals surface area contributed by atoms with Crippen LogP contribution < -0.4 is 10.6 Å². The maximum Gasteiger partial charge on any atom is 0.152 e. The van der Waals surface area contributed by atoms with E-state index >= 15 is 0 Å². The van der Waals surface area contributed by atoms with Gasteiger partial charge in [-0.1, -0.05) is 0 Å². The normalized spacial score (nSPS) is 12.5. The summed E-state index contributed by atoms with van der Waals surface area (Å²) in [4.78, 5) is 24.7. The van der Waals surface area contributed by atoms with Gasteiger partial charge in [0.1, 0.15) is 12.0 Å². The van der Waals surface area contributed by atoms with Crippen LogP contribution in [0.4, 0.5) is 0 Å². The summed E-state index contributed by atoms with van der Waals surface area (Å²) in [5, 5.41) is 1.51. The van der Waals surface area contributed by atoms with E-state index in [0.29, 0.717) is 10.9 Å². The molecule has 13 heavy (non-hydrogen) atoms. The molecule has 0 unspecified atom stereocenters. The Balaban J connectivity index is 2.79. The van der Waals surface area contributed by atoms with Crippen molar-refractivity contribution in [3.05, 3.63) is 40.0 Å². The third kappa shape index (κ3) is 1.21. The Bertz CT molecular complexity index is 537. The van der Waals surface area contributed by atoms with Crippen LogP contribution in [0.15, 0.2) is 28.9 Å². The average Bonchev–Trinajstić information content (AvgIpc) is 2.58. The molecule has 1 aromatic carbocycles. The van der Waals surface area contributed by atoms with Crippen molar-refractivity contribution < 1.29 is 9.59 Å². The van der Waals surface area contributed by atoms with Crippen LogP contribution in [0.3, 0.4) is 0 Å². The van der Waals surface area contributed by atoms with Crippen molar-refractivity contribution in [1.29, 1.82) is 0 Å². The maximum absolute atomic E-state index is 10.4. The second-order valence-corrected chi connectivity index (χ2v) is 2.68. The number of fused-ring (bicyclic) bond motifs is 1. The van der Waals surface area contributed by atoms with Gasteiger partial charge in [0.2, 0.25) is 0 Å². The van der Waals surface area contributed by atoms with Gasteiger partial charge in [0.05, 0.1) is 5.36 Å². The van der Waals surface area contributed by atoms with E-state index in [-0.39, 0.29) is 5.70 Å². The SMILES string of the molecule is O=C=C1C=c2cc(C=O)ccc2=N1. The monoisotopic (exact) mass is 171 g/mol. The number of rotatable bonds is 1. The molecule has 1 aromatic rings.